The van der Waals surface area contributed by atoms with Crippen LogP contribution in [-0.4, -0.2) is 30.2 Å². The highest BCUT2D eigenvalue weighted by Crippen LogP contribution is 2.20. The predicted molar refractivity (Wildman–Crippen MR) is 112 cm³/mol. The van der Waals surface area contributed by atoms with Gasteiger partial charge in [-0.15, -0.1) is 6.42 Å². The van der Waals surface area contributed by atoms with Crippen LogP contribution in [0.1, 0.15) is 22.8 Å². The Labute approximate surface area is 172 Å². The molecule has 1 amide bonds. The Morgan fingerprint density at radius 2 is 1.97 bits per heavy atom. The van der Waals surface area contributed by atoms with Gasteiger partial charge in [0.1, 0.15) is 5.75 Å². The van der Waals surface area contributed by atoms with Crippen LogP contribution in [0.25, 0.3) is 10.2 Å². The number of rotatable bonds is 6. The first-order chi connectivity index (χ1) is 14.0. The number of nitrogens with zero attached hydrogens (tertiary/aromatic N) is 2. The Morgan fingerprint density at radius 3 is 2.62 bits per heavy atom. The number of methoxy groups -OCH3 is 1. The van der Waals surface area contributed by atoms with E-state index in [4.69, 9.17) is 15.9 Å². The molecule has 1 heterocycles. The maximum absolute atomic E-state index is 12.5. The minimum Gasteiger partial charge on any atom is -0.494 e. The summed E-state index contributed by atoms with van der Waals surface area (Å²) < 4.78 is 12.8. The average molecular weight is 408 g/mol. The number of hydrogen-bond donors (Lipinski definition) is 0. The summed E-state index contributed by atoms with van der Waals surface area (Å²) in [7, 11) is 1.33. The van der Waals surface area contributed by atoms with E-state index in [0.717, 1.165) is 21.5 Å². The number of fused-ring (bicyclic) bond motifs is 1. The molecule has 0 saturated carbocycles. The molecule has 3 aromatic rings. The van der Waals surface area contributed by atoms with Crippen molar-refractivity contribution >= 4 is 33.4 Å². The molecule has 148 valence electrons. The molecular formula is C22H20N2O4S. The zero-order valence-corrected chi connectivity index (χ0v) is 17.0. The molecule has 6 nitrogen and oxygen atoms in total. The second kappa shape index (κ2) is 9.22. The van der Waals surface area contributed by atoms with E-state index >= 15 is 0 Å². The van der Waals surface area contributed by atoms with Gasteiger partial charge in [-0.1, -0.05) is 29.4 Å². The Hall–Kier alpha value is -3.37. The van der Waals surface area contributed by atoms with Gasteiger partial charge >= 0.3 is 5.97 Å². The lowest BCUT2D eigenvalue weighted by Gasteiger charge is -2.03. The molecule has 0 aliphatic heterocycles. The third-order valence-electron chi connectivity index (χ3n) is 4.16. The number of benzene rings is 2. The number of carbonyl (C=O) groups excluding carboxylic acids is 2. The smallest absolute Gasteiger partial charge is 0.337 e. The van der Waals surface area contributed by atoms with Gasteiger partial charge in [-0.2, -0.15) is 4.99 Å². The molecule has 0 unspecified atom stereocenters. The molecule has 0 radical (unpaired) electrons. The number of carbonyl (C=O) groups is 2. The van der Waals surface area contributed by atoms with E-state index < -0.39 is 5.97 Å². The van der Waals surface area contributed by atoms with Crippen molar-refractivity contribution in [2.24, 2.45) is 4.99 Å². The lowest BCUT2D eigenvalue weighted by molar-refractivity contribution is -0.117. The fourth-order valence-corrected chi connectivity index (χ4v) is 3.92. The normalized spacial score (nSPS) is 11.3. The number of thiazole rings is 1. The van der Waals surface area contributed by atoms with Crippen molar-refractivity contribution in [1.29, 1.82) is 0 Å². The van der Waals surface area contributed by atoms with E-state index in [1.165, 1.54) is 18.4 Å². The molecule has 0 aliphatic rings. The summed E-state index contributed by atoms with van der Waals surface area (Å²) in [6.07, 6.45) is 5.66. The Morgan fingerprint density at radius 1 is 1.21 bits per heavy atom. The fraction of sp³-hybridized carbons (Fsp3) is 0.227. The van der Waals surface area contributed by atoms with Crippen LogP contribution in [0.15, 0.2) is 47.5 Å². The van der Waals surface area contributed by atoms with Crippen LogP contribution in [0.2, 0.25) is 0 Å². The zero-order valence-electron chi connectivity index (χ0n) is 16.2. The lowest BCUT2D eigenvalue weighted by atomic mass is 10.1. The first kappa shape index (κ1) is 20.4. The van der Waals surface area contributed by atoms with Gasteiger partial charge in [0.2, 0.25) is 0 Å². The fourth-order valence-electron chi connectivity index (χ4n) is 2.84. The molecule has 0 fully saturated rings. The summed E-state index contributed by atoms with van der Waals surface area (Å²) in [5.74, 6) is 2.65. The summed E-state index contributed by atoms with van der Waals surface area (Å²) in [6.45, 7) is 2.78. The monoisotopic (exact) mass is 408 g/mol. The van der Waals surface area contributed by atoms with E-state index in [1.54, 1.807) is 22.8 Å². The van der Waals surface area contributed by atoms with Crippen molar-refractivity contribution in [3.05, 3.63) is 58.4 Å². The van der Waals surface area contributed by atoms with E-state index in [0.29, 0.717) is 17.0 Å². The number of aromatic nitrogens is 1. The van der Waals surface area contributed by atoms with Crippen LogP contribution in [0, 0.1) is 12.3 Å². The number of ether oxygens (including phenoxy) is 2. The molecule has 7 heteroatoms. The van der Waals surface area contributed by atoms with Crippen LogP contribution in [0.3, 0.4) is 0 Å². The highest BCUT2D eigenvalue weighted by atomic mass is 32.1. The highest BCUT2D eigenvalue weighted by Gasteiger charge is 2.12. The minimum absolute atomic E-state index is 0.171. The first-order valence-electron chi connectivity index (χ1n) is 9.00. The van der Waals surface area contributed by atoms with Gasteiger partial charge in [0.15, 0.2) is 4.80 Å². The summed E-state index contributed by atoms with van der Waals surface area (Å²) in [5, 5.41) is 0. The van der Waals surface area contributed by atoms with Crippen molar-refractivity contribution < 1.29 is 19.1 Å². The SMILES string of the molecule is C#CCn1c(=NC(=O)Cc2ccc(OCC)cc2)sc2cc(C(=O)OC)ccc21. The van der Waals surface area contributed by atoms with Crippen molar-refractivity contribution in [1.82, 2.24) is 4.57 Å². The van der Waals surface area contributed by atoms with E-state index in [-0.39, 0.29) is 18.9 Å². The molecule has 3 rings (SSSR count). The molecule has 29 heavy (non-hydrogen) atoms. The van der Waals surface area contributed by atoms with Crippen molar-refractivity contribution in [2.45, 2.75) is 19.9 Å². The van der Waals surface area contributed by atoms with E-state index in [2.05, 4.69) is 10.9 Å². The molecular weight excluding hydrogens is 388 g/mol. The molecule has 2 aromatic carbocycles. The summed E-state index contributed by atoms with van der Waals surface area (Å²) in [6, 6.07) is 12.5. The number of hydrogen-bond acceptors (Lipinski definition) is 5. The van der Waals surface area contributed by atoms with Gasteiger partial charge in [-0.3, -0.25) is 4.79 Å². The van der Waals surface area contributed by atoms with Gasteiger partial charge in [0.05, 0.1) is 42.5 Å². The van der Waals surface area contributed by atoms with Crippen molar-refractivity contribution in [2.75, 3.05) is 13.7 Å². The maximum Gasteiger partial charge on any atom is 0.337 e. The average Bonchev–Trinajstić information content (AvgIpc) is 3.05. The zero-order chi connectivity index (χ0) is 20.8. The molecule has 0 aliphatic carbocycles. The summed E-state index contributed by atoms with van der Waals surface area (Å²) >= 11 is 1.31. The molecule has 0 N–H and O–H groups in total. The first-order valence-corrected chi connectivity index (χ1v) is 9.81. The van der Waals surface area contributed by atoms with Crippen LogP contribution >= 0.6 is 11.3 Å². The number of esters is 1. The lowest BCUT2D eigenvalue weighted by Crippen LogP contribution is -2.17. The van der Waals surface area contributed by atoms with Gasteiger partial charge in [0, 0.05) is 0 Å². The predicted octanol–water partition coefficient (Wildman–Crippen LogP) is 3.19. The topological polar surface area (TPSA) is 69.9 Å². The largest absolute Gasteiger partial charge is 0.494 e. The third-order valence-corrected chi connectivity index (χ3v) is 5.20. The van der Waals surface area contributed by atoms with Crippen LogP contribution in [0.4, 0.5) is 0 Å². The highest BCUT2D eigenvalue weighted by molar-refractivity contribution is 7.16. The quantitative estimate of drug-likeness (QED) is 0.464. The molecule has 0 bridgehead atoms. The van der Waals surface area contributed by atoms with Gasteiger partial charge in [-0.05, 0) is 42.8 Å². The second-order valence-electron chi connectivity index (χ2n) is 6.11. The Bertz CT molecular complexity index is 1150. The number of amides is 1. The van der Waals surface area contributed by atoms with Gasteiger partial charge in [0.25, 0.3) is 5.91 Å². The maximum atomic E-state index is 12.5. The number of terminal acetylenes is 1. The van der Waals surface area contributed by atoms with E-state index in [9.17, 15) is 9.59 Å². The van der Waals surface area contributed by atoms with Gasteiger partial charge < -0.3 is 14.0 Å². The summed E-state index contributed by atoms with van der Waals surface area (Å²) in [5.41, 5.74) is 2.09. The second-order valence-corrected chi connectivity index (χ2v) is 7.12. The van der Waals surface area contributed by atoms with Crippen LogP contribution in [0.5, 0.6) is 5.75 Å². The molecule has 0 spiro atoms. The van der Waals surface area contributed by atoms with Crippen LogP contribution in [-0.2, 0) is 22.5 Å². The molecule has 1 aromatic heterocycles. The standard InChI is InChI=1S/C22H20N2O4S/c1-4-12-24-18-11-8-16(21(26)27-3)14-19(18)29-22(24)23-20(25)13-15-6-9-17(10-7-15)28-5-2/h1,6-11,14H,5,12-13H2,2-3H3. The third kappa shape index (κ3) is 4.73. The molecule has 0 atom stereocenters. The molecule has 0 saturated heterocycles. The summed E-state index contributed by atoms with van der Waals surface area (Å²) in [4.78, 5) is 29.1. The van der Waals surface area contributed by atoms with Crippen molar-refractivity contribution in [3.8, 4) is 18.1 Å². The van der Waals surface area contributed by atoms with Crippen LogP contribution < -0.4 is 9.54 Å². The van der Waals surface area contributed by atoms with Gasteiger partial charge in [-0.25, -0.2) is 4.79 Å². The van der Waals surface area contributed by atoms with E-state index in [1.807, 2.05) is 31.2 Å². The Balaban J connectivity index is 1.92. The minimum atomic E-state index is -0.422. The van der Waals surface area contributed by atoms with Crippen molar-refractivity contribution in [3.63, 3.8) is 0 Å². The Kier molecular flexibility index (Phi) is 6.47.